The Bertz CT molecular complexity index is 326. The Morgan fingerprint density at radius 3 is 2.54 bits per heavy atom. The Kier molecular flexibility index (Phi) is 2.98. The Morgan fingerprint density at radius 2 is 2.08 bits per heavy atom. The fraction of sp³-hybridized carbons (Fsp3) is 0.222. The van der Waals surface area contributed by atoms with Gasteiger partial charge in [-0.3, -0.25) is 4.79 Å². The highest BCUT2D eigenvalue weighted by atomic mass is 35.5. The summed E-state index contributed by atoms with van der Waals surface area (Å²) in [6, 6.07) is 2.23. The molecule has 0 amide bonds. The Hall–Kier alpha value is -0.960. The molecule has 0 radical (unpaired) electrons. The SMILES string of the molecule is CC(=O)Cc1cc(F)c(F)c(Cl)c1. The van der Waals surface area contributed by atoms with Gasteiger partial charge in [-0.15, -0.1) is 0 Å². The van der Waals surface area contributed by atoms with E-state index in [9.17, 15) is 13.6 Å². The number of halogens is 3. The zero-order valence-electron chi connectivity index (χ0n) is 6.90. The zero-order valence-corrected chi connectivity index (χ0v) is 7.66. The van der Waals surface area contributed by atoms with E-state index in [1.54, 1.807) is 0 Å². The van der Waals surface area contributed by atoms with Crippen LogP contribution in [0.3, 0.4) is 0 Å². The van der Waals surface area contributed by atoms with Gasteiger partial charge in [0.2, 0.25) is 0 Å². The van der Waals surface area contributed by atoms with Crippen molar-refractivity contribution in [3.05, 3.63) is 34.4 Å². The van der Waals surface area contributed by atoms with Gasteiger partial charge in [-0.05, 0) is 24.6 Å². The van der Waals surface area contributed by atoms with Crippen molar-refractivity contribution in [2.75, 3.05) is 0 Å². The Balaban J connectivity index is 3.06. The topological polar surface area (TPSA) is 17.1 Å². The maximum absolute atomic E-state index is 12.7. The molecule has 4 heteroatoms. The molecule has 0 saturated carbocycles. The molecule has 1 aromatic carbocycles. The van der Waals surface area contributed by atoms with E-state index < -0.39 is 11.6 Å². The van der Waals surface area contributed by atoms with Crippen molar-refractivity contribution in [1.82, 2.24) is 0 Å². The van der Waals surface area contributed by atoms with Crippen molar-refractivity contribution < 1.29 is 13.6 Å². The van der Waals surface area contributed by atoms with Crippen LogP contribution < -0.4 is 0 Å². The molecule has 0 atom stereocenters. The average Bonchev–Trinajstić information content (AvgIpc) is 1.98. The second-order valence-electron chi connectivity index (χ2n) is 2.75. The van der Waals surface area contributed by atoms with E-state index in [4.69, 9.17) is 11.6 Å². The van der Waals surface area contributed by atoms with Crippen LogP contribution in [0, 0.1) is 11.6 Å². The van der Waals surface area contributed by atoms with Gasteiger partial charge in [-0.1, -0.05) is 11.6 Å². The van der Waals surface area contributed by atoms with Crippen LogP contribution in [0.1, 0.15) is 12.5 Å². The van der Waals surface area contributed by atoms with E-state index in [0.29, 0.717) is 5.56 Å². The number of Topliss-reactive ketones (excluding diaryl/α,β-unsaturated/α-hetero) is 1. The summed E-state index contributed by atoms with van der Waals surface area (Å²) < 4.78 is 25.4. The minimum Gasteiger partial charge on any atom is -0.300 e. The number of rotatable bonds is 2. The van der Waals surface area contributed by atoms with Gasteiger partial charge >= 0.3 is 0 Å². The van der Waals surface area contributed by atoms with Crippen molar-refractivity contribution in [2.24, 2.45) is 0 Å². The molecule has 0 N–H and O–H groups in total. The molecule has 0 aliphatic carbocycles. The zero-order chi connectivity index (χ0) is 10.0. The lowest BCUT2D eigenvalue weighted by atomic mass is 10.1. The van der Waals surface area contributed by atoms with Gasteiger partial charge in [-0.25, -0.2) is 8.78 Å². The Labute approximate surface area is 79.3 Å². The molecule has 0 bridgehead atoms. The highest BCUT2D eigenvalue weighted by molar-refractivity contribution is 6.30. The van der Waals surface area contributed by atoms with Crippen molar-refractivity contribution in [3.8, 4) is 0 Å². The van der Waals surface area contributed by atoms with E-state index in [-0.39, 0.29) is 17.2 Å². The lowest BCUT2D eigenvalue weighted by molar-refractivity contribution is -0.116. The van der Waals surface area contributed by atoms with Crippen LogP contribution in [0.15, 0.2) is 12.1 Å². The van der Waals surface area contributed by atoms with E-state index in [1.807, 2.05) is 0 Å². The minimum atomic E-state index is -1.08. The van der Waals surface area contributed by atoms with Crippen molar-refractivity contribution in [1.29, 1.82) is 0 Å². The summed E-state index contributed by atoms with van der Waals surface area (Å²) in [7, 11) is 0. The quantitative estimate of drug-likeness (QED) is 0.677. The first-order chi connectivity index (χ1) is 6.00. The van der Waals surface area contributed by atoms with Crippen LogP contribution >= 0.6 is 11.6 Å². The van der Waals surface area contributed by atoms with Crippen LogP contribution in [0.25, 0.3) is 0 Å². The lowest BCUT2D eigenvalue weighted by Gasteiger charge is -2.00. The molecule has 1 nitrogen and oxygen atoms in total. The highest BCUT2D eigenvalue weighted by Gasteiger charge is 2.09. The normalized spacial score (nSPS) is 10.2. The number of carbonyl (C=O) groups excluding carboxylic acids is 1. The van der Waals surface area contributed by atoms with Crippen LogP contribution in [0.2, 0.25) is 5.02 Å². The second kappa shape index (κ2) is 3.83. The molecule has 0 fully saturated rings. The van der Waals surface area contributed by atoms with Gasteiger partial charge in [0.15, 0.2) is 11.6 Å². The average molecular weight is 205 g/mol. The maximum Gasteiger partial charge on any atom is 0.177 e. The summed E-state index contributed by atoms with van der Waals surface area (Å²) in [4.78, 5) is 10.7. The molecule has 1 rings (SSSR count). The van der Waals surface area contributed by atoms with Crippen LogP contribution in [-0.2, 0) is 11.2 Å². The maximum atomic E-state index is 12.7. The molecule has 0 aliphatic heterocycles. The largest absolute Gasteiger partial charge is 0.300 e. The van der Waals surface area contributed by atoms with Crippen molar-refractivity contribution in [3.63, 3.8) is 0 Å². The van der Waals surface area contributed by atoms with E-state index >= 15 is 0 Å². The van der Waals surface area contributed by atoms with Gasteiger partial charge < -0.3 is 0 Å². The van der Waals surface area contributed by atoms with E-state index in [0.717, 1.165) is 6.07 Å². The summed E-state index contributed by atoms with van der Waals surface area (Å²) in [6.45, 7) is 1.37. The van der Waals surface area contributed by atoms with E-state index in [1.165, 1.54) is 13.0 Å². The number of hydrogen-bond donors (Lipinski definition) is 0. The fourth-order valence-corrected chi connectivity index (χ4v) is 1.23. The lowest BCUT2D eigenvalue weighted by Crippen LogP contribution is -1.98. The molecular weight excluding hydrogens is 198 g/mol. The Morgan fingerprint density at radius 1 is 1.46 bits per heavy atom. The summed E-state index contributed by atoms with van der Waals surface area (Å²) in [5.74, 6) is -2.22. The highest BCUT2D eigenvalue weighted by Crippen LogP contribution is 2.19. The number of benzene rings is 1. The van der Waals surface area contributed by atoms with Gasteiger partial charge in [0.05, 0.1) is 5.02 Å². The summed E-state index contributed by atoms with van der Waals surface area (Å²) in [6.07, 6.45) is 0.0664. The summed E-state index contributed by atoms with van der Waals surface area (Å²) in [5, 5.41) is -0.295. The number of hydrogen-bond acceptors (Lipinski definition) is 1. The first-order valence-corrected chi connectivity index (χ1v) is 4.01. The molecule has 13 heavy (non-hydrogen) atoms. The van der Waals surface area contributed by atoms with Crippen LogP contribution in [0.5, 0.6) is 0 Å². The molecule has 0 unspecified atom stereocenters. The third-order valence-corrected chi connectivity index (χ3v) is 1.77. The number of ketones is 1. The minimum absolute atomic E-state index is 0.0664. The standard InChI is InChI=1S/C9H7ClF2O/c1-5(13)2-6-3-7(10)9(12)8(11)4-6/h3-4H,2H2,1H3. The van der Waals surface area contributed by atoms with Crippen molar-refractivity contribution in [2.45, 2.75) is 13.3 Å². The molecule has 70 valence electrons. The smallest absolute Gasteiger partial charge is 0.177 e. The predicted molar refractivity (Wildman–Crippen MR) is 45.8 cm³/mol. The summed E-state index contributed by atoms with van der Waals surface area (Å²) >= 11 is 5.38. The molecule has 0 aliphatic rings. The fourth-order valence-electron chi connectivity index (χ4n) is 0.998. The van der Waals surface area contributed by atoms with Crippen LogP contribution in [-0.4, -0.2) is 5.78 Å². The van der Waals surface area contributed by atoms with Gasteiger partial charge in [0.25, 0.3) is 0 Å². The molecular formula is C9H7ClF2O. The van der Waals surface area contributed by atoms with Crippen LogP contribution in [0.4, 0.5) is 8.78 Å². The monoisotopic (exact) mass is 204 g/mol. The van der Waals surface area contributed by atoms with E-state index in [2.05, 4.69) is 0 Å². The van der Waals surface area contributed by atoms with Gasteiger partial charge in [-0.2, -0.15) is 0 Å². The second-order valence-corrected chi connectivity index (χ2v) is 3.16. The molecule has 0 saturated heterocycles. The van der Waals surface area contributed by atoms with Crippen molar-refractivity contribution >= 4 is 17.4 Å². The third kappa shape index (κ3) is 2.49. The first-order valence-electron chi connectivity index (χ1n) is 3.63. The van der Waals surface area contributed by atoms with Gasteiger partial charge in [0.1, 0.15) is 5.78 Å². The summed E-state index contributed by atoms with van der Waals surface area (Å²) in [5.41, 5.74) is 0.386. The predicted octanol–water partition coefficient (Wildman–Crippen LogP) is 2.75. The number of carbonyl (C=O) groups is 1. The molecule has 0 heterocycles. The molecule has 0 aromatic heterocycles. The molecule has 1 aromatic rings. The van der Waals surface area contributed by atoms with Gasteiger partial charge in [0, 0.05) is 6.42 Å². The third-order valence-electron chi connectivity index (χ3n) is 1.50. The molecule has 0 spiro atoms. The first kappa shape index (κ1) is 10.1.